The van der Waals surface area contributed by atoms with Gasteiger partial charge in [0.2, 0.25) is 0 Å². The first-order valence-corrected chi connectivity index (χ1v) is 9.69. The summed E-state index contributed by atoms with van der Waals surface area (Å²) in [5, 5.41) is 0. The molecule has 144 valence electrons. The van der Waals surface area contributed by atoms with Crippen molar-refractivity contribution in [3.63, 3.8) is 0 Å². The molecule has 0 spiro atoms. The fourth-order valence-electron chi connectivity index (χ4n) is 3.37. The lowest BCUT2D eigenvalue weighted by molar-refractivity contribution is 0.0723. The molecule has 1 aliphatic carbocycles. The fraction of sp³-hybridized carbons (Fsp3) is 0.350. The smallest absolute Gasteiger partial charge is 0.349 e. The predicted molar refractivity (Wildman–Crippen MR) is 101 cm³/mol. The van der Waals surface area contributed by atoms with Gasteiger partial charge in [-0.25, -0.2) is 22.4 Å². The molecule has 1 fully saturated rings. The minimum absolute atomic E-state index is 0.0506. The Morgan fingerprint density at radius 3 is 1.96 bits per heavy atom. The number of rotatable bonds is 3. The molecule has 0 bridgehead atoms. The summed E-state index contributed by atoms with van der Waals surface area (Å²) in [6, 6.07) is 3.87. The molecule has 3 rings (SSSR count). The van der Waals surface area contributed by atoms with Gasteiger partial charge in [0.25, 0.3) is 0 Å². The highest BCUT2D eigenvalue weighted by Crippen LogP contribution is 2.36. The summed E-state index contributed by atoms with van der Waals surface area (Å²) >= 11 is 1.46. The van der Waals surface area contributed by atoms with Gasteiger partial charge in [-0.3, -0.25) is 0 Å². The van der Waals surface area contributed by atoms with Gasteiger partial charge in [-0.05, 0) is 65.0 Å². The van der Waals surface area contributed by atoms with Gasteiger partial charge in [-0.15, -0.1) is 0 Å². The first-order chi connectivity index (χ1) is 12.8. The van der Waals surface area contributed by atoms with Crippen molar-refractivity contribution in [3.05, 3.63) is 62.2 Å². The van der Waals surface area contributed by atoms with Crippen LogP contribution < -0.4 is 4.74 Å². The second-order valence-electron chi connectivity index (χ2n) is 6.91. The zero-order chi connectivity index (χ0) is 19.7. The first-order valence-electron chi connectivity index (χ1n) is 8.62. The number of hydrogen-bond acceptors (Lipinski definition) is 2. The Morgan fingerprint density at radius 1 is 0.926 bits per heavy atom. The van der Waals surface area contributed by atoms with Crippen LogP contribution in [0.3, 0.4) is 0 Å². The minimum atomic E-state index is -1.34. The maximum absolute atomic E-state index is 14.4. The van der Waals surface area contributed by atoms with E-state index >= 15 is 0 Å². The van der Waals surface area contributed by atoms with Crippen molar-refractivity contribution in [1.82, 2.24) is 0 Å². The second kappa shape index (κ2) is 8.16. The molecule has 2 aromatic carbocycles. The van der Waals surface area contributed by atoms with E-state index in [4.69, 9.17) is 4.74 Å². The number of benzene rings is 2. The number of carbonyl (C=O) groups excluding carboxylic acids is 1. The van der Waals surface area contributed by atoms with E-state index in [0.29, 0.717) is 11.5 Å². The van der Waals surface area contributed by atoms with Gasteiger partial charge in [-0.2, -0.15) is 0 Å². The van der Waals surface area contributed by atoms with Gasteiger partial charge >= 0.3 is 5.97 Å². The largest absolute Gasteiger partial charge is 0.423 e. The molecule has 0 atom stereocenters. The molecule has 1 saturated carbocycles. The average Bonchev–Trinajstić information content (AvgIpc) is 2.59. The highest BCUT2D eigenvalue weighted by atomic mass is 127. The van der Waals surface area contributed by atoms with Crippen LogP contribution in [0.2, 0.25) is 0 Å². The fourth-order valence-corrected chi connectivity index (χ4v) is 3.68. The Bertz CT molecular complexity index is 830. The van der Waals surface area contributed by atoms with Crippen LogP contribution in [0, 0.1) is 32.8 Å². The number of halogens is 5. The van der Waals surface area contributed by atoms with E-state index < -0.39 is 40.6 Å². The molecule has 7 heteroatoms. The van der Waals surface area contributed by atoms with E-state index in [9.17, 15) is 22.4 Å². The topological polar surface area (TPSA) is 26.3 Å². The molecule has 0 unspecified atom stereocenters. The predicted octanol–water partition coefficient (Wildman–Crippen LogP) is 6.36. The standard InChI is InChI=1S/C20H17F4IO2/c1-10-2-4-11(5-3-10)12-6-14(21)18(15(22)7-12)20(26)27-13-8-16(23)19(25)17(24)9-13/h6-11H,2-5H2,1H3. The lowest BCUT2D eigenvalue weighted by Crippen LogP contribution is -2.16. The van der Waals surface area contributed by atoms with Gasteiger partial charge in [-0.1, -0.05) is 19.8 Å². The van der Waals surface area contributed by atoms with Gasteiger partial charge < -0.3 is 4.74 Å². The van der Waals surface area contributed by atoms with Crippen molar-refractivity contribution in [2.75, 3.05) is 0 Å². The molecule has 0 N–H and O–H groups in total. The molecule has 0 aliphatic heterocycles. The molecule has 27 heavy (non-hydrogen) atoms. The molecular weight excluding hydrogens is 475 g/mol. The lowest BCUT2D eigenvalue weighted by atomic mass is 9.79. The maximum Gasteiger partial charge on any atom is 0.349 e. The lowest BCUT2D eigenvalue weighted by Gasteiger charge is -2.26. The average molecular weight is 492 g/mol. The zero-order valence-electron chi connectivity index (χ0n) is 14.5. The summed E-state index contributed by atoms with van der Waals surface area (Å²) in [6.07, 6.45) is 3.65. The summed E-state index contributed by atoms with van der Waals surface area (Å²) in [7, 11) is 0. The molecule has 0 heterocycles. The number of hydrogen-bond donors (Lipinski definition) is 0. The van der Waals surface area contributed by atoms with Crippen LogP contribution in [0.5, 0.6) is 5.75 Å². The number of ether oxygens (including phenoxy) is 1. The van der Waals surface area contributed by atoms with Crippen LogP contribution >= 0.6 is 22.6 Å². The van der Waals surface area contributed by atoms with Crippen molar-refractivity contribution in [2.24, 2.45) is 5.92 Å². The van der Waals surface area contributed by atoms with Crippen LogP contribution in [0.25, 0.3) is 0 Å². The van der Waals surface area contributed by atoms with Crippen LogP contribution in [-0.4, -0.2) is 5.97 Å². The normalized spacial score (nSPS) is 19.8. The zero-order valence-corrected chi connectivity index (χ0v) is 16.7. The van der Waals surface area contributed by atoms with Gasteiger partial charge in [0, 0.05) is 12.1 Å². The molecule has 2 nitrogen and oxygen atoms in total. The SMILES string of the molecule is CC1CCC(c2cc(F)c(C(=O)Oc3cc(F)c(I)c(F)c3)c(F)c2)CC1. The third-order valence-corrected chi connectivity index (χ3v) is 5.95. The highest BCUT2D eigenvalue weighted by Gasteiger charge is 2.26. The monoisotopic (exact) mass is 492 g/mol. The van der Waals surface area contributed by atoms with Crippen molar-refractivity contribution >= 4 is 28.6 Å². The van der Waals surface area contributed by atoms with Crippen LogP contribution in [0.4, 0.5) is 17.6 Å². The Hall–Kier alpha value is -1.64. The van der Waals surface area contributed by atoms with E-state index in [1.54, 1.807) is 0 Å². The van der Waals surface area contributed by atoms with Gasteiger partial charge in [0.15, 0.2) is 0 Å². The third kappa shape index (κ3) is 4.44. The Balaban J connectivity index is 1.83. The Morgan fingerprint density at radius 2 is 1.44 bits per heavy atom. The summed E-state index contributed by atoms with van der Waals surface area (Å²) in [4.78, 5) is 12.1. The van der Waals surface area contributed by atoms with Crippen molar-refractivity contribution < 1.29 is 27.1 Å². The van der Waals surface area contributed by atoms with Gasteiger partial charge in [0.1, 0.15) is 34.6 Å². The van der Waals surface area contributed by atoms with Gasteiger partial charge in [0.05, 0.1) is 3.57 Å². The highest BCUT2D eigenvalue weighted by molar-refractivity contribution is 14.1. The number of esters is 1. The van der Waals surface area contributed by atoms with Crippen molar-refractivity contribution in [2.45, 2.75) is 38.5 Å². The van der Waals surface area contributed by atoms with Crippen LogP contribution in [0.1, 0.15) is 54.4 Å². The molecule has 1 aliphatic rings. The van der Waals surface area contributed by atoms with E-state index in [1.807, 2.05) is 0 Å². The summed E-state index contributed by atoms with van der Waals surface area (Å²) in [6.45, 7) is 2.15. The molecular formula is C20H17F4IO2. The molecule has 0 saturated heterocycles. The van der Waals surface area contributed by atoms with E-state index in [2.05, 4.69) is 6.92 Å². The van der Waals surface area contributed by atoms with Crippen molar-refractivity contribution in [3.8, 4) is 5.75 Å². The van der Waals surface area contributed by atoms with E-state index in [-0.39, 0.29) is 9.49 Å². The quantitative estimate of drug-likeness (QED) is 0.164. The second-order valence-corrected chi connectivity index (χ2v) is 7.99. The molecule has 0 amide bonds. The maximum atomic E-state index is 14.4. The minimum Gasteiger partial charge on any atom is -0.423 e. The van der Waals surface area contributed by atoms with Crippen LogP contribution in [0.15, 0.2) is 24.3 Å². The third-order valence-electron chi connectivity index (χ3n) is 4.92. The van der Waals surface area contributed by atoms with E-state index in [0.717, 1.165) is 49.9 Å². The molecule has 2 aromatic rings. The Labute approximate surface area is 168 Å². The molecule has 0 aromatic heterocycles. The Kier molecular flexibility index (Phi) is 6.08. The number of carbonyl (C=O) groups is 1. The summed E-state index contributed by atoms with van der Waals surface area (Å²) < 4.78 is 60.5. The summed E-state index contributed by atoms with van der Waals surface area (Å²) in [5.74, 6) is -5.09. The molecule has 0 radical (unpaired) electrons. The van der Waals surface area contributed by atoms with Crippen LogP contribution in [-0.2, 0) is 0 Å². The van der Waals surface area contributed by atoms with E-state index in [1.165, 1.54) is 22.6 Å². The van der Waals surface area contributed by atoms with Crippen molar-refractivity contribution in [1.29, 1.82) is 0 Å². The first kappa shape index (κ1) is 20.1. The summed E-state index contributed by atoms with van der Waals surface area (Å²) in [5.41, 5.74) is -0.359.